The zero-order chi connectivity index (χ0) is 10.4. The van der Waals surface area contributed by atoms with Crippen molar-refractivity contribution in [3.8, 4) is 5.75 Å². The van der Waals surface area contributed by atoms with Gasteiger partial charge in [0.2, 0.25) is 5.95 Å². The number of aromatic nitrogens is 2. The highest BCUT2D eigenvalue weighted by Crippen LogP contribution is 2.32. The molecular formula is C11H13N3O. The van der Waals surface area contributed by atoms with Crippen LogP contribution in [-0.4, -0.2) is 23.2 Å². The lowest BCUT2D eigenvalue weighted by Gasteiger charge is -2.17. The zero-order valence-corrected chi connectivity index (χ0v) is 8.87. The normalized spacial score (nSPS) is 14.0. The molecule has 1 aliphatic heterocycles. The summed E-state index contributed by atoms with van der Waals surface area (Å²) >= 11 is 0. The van der Waals surface area contributed by atoms with E-state index in [9.17, 15) is 0 Å². The van der Waals surface area contributed by atoms with Crippen molar-refractivity contribution >= 4 is 17.0 Å². The fourth-order valence-corrected chi connectivity index (χ4v) is 2.13. The molecule has 0 amide bonds. The maximum atomic E-state index is 5.65. The Hall–Kier alpha value is -1.71. The molecule has 0 unspecified atom stereocenters. The predicted molar refractivity (Wildman–Crippen MR) is 59.5 cm³/mol. The maximum Gasteiger partial charge on any atom is 0.203 e. The van der Waals surface area contributed by atoms with Crippen LogP contribution in [0.5, 0.6) is 5.75 Å². The zero-order valence-electron chi connectivity index (χ0n) is 8.87. The lowest BCUT2D eigenvalue weighted by atomic mass is 10.2. The molecule has 1 aromatic carbocycles. The maximum absolute atomic E-state index is 5.65. The molecule has 2 aromatic rings. The number of aryl methyl sites for hydroxylation is 1. The largest absolute Gasteiger partial charge is 0.489 e. The minimum Gasteiger partial charge on any atom is -0.489 e. The molecule has 0 saturated carbocycles. The van der Waals surface area contributed by atoms with E-state index in [-0.39, 0.29) is 0 Å². The highest BCUT2D eigenvalue weighted by molar-refractivity contribution is 5.86. The summed E-state index contributed by atoms with van der Waals surface area (Å²) in [5.74, 6) is 1.87. The van der Waals surface area contributed by atoms with Crippen LogP contribution in [0.1, 0.15) is 5.56 Å². The molecule has 2 heterocycles. The van der Waals surface area contributed by atoms with E-state index < -0.39 is 0 Å². The van der Waals surface area contributed by atoms with Gasteiger partial charge in [0, 0.05) is 7.05 Å². The first-order valence-corrected chi connectivity index (χ1v) is 5.11. The van der Waals surface area contributed by atoms with E-state index in [0.29, 0.717) is 0 Å². The van der Waals surface area contributed by atoms with E-state index >= 15 is 0 Å². The number of benzene rings is 1. The third-order valence-electron chi connectivity index (χ3n) is 2.75. The van der Waals surface area contributed by atoms with Crippen LogP contribution in [0.3, 0.4) is 0 Å². The molecule has 0 bridgehead atoms. The first-order chi connectivity index (χ1) is 7.29. The van der Waals surface area contributed by atoms with Gasteiger partial charge in [0.1, 0.15) is 17.9 Å². The molecule has 15 heavy (non-hydrogen) atoms. The molecule has 4 heteroatoms. The van der Waals surface area contributed by atoms with Crippen molar-refractivity contribution in [2.24, 2.45) is 0 Å². The molecule has 78 valence electrons. The summed E-state index contributed by atoms with van der Waals surface area (Å²) < 4.78 is 7.82. The number of hydrogen-bond donors (Lipinski definition) is 1. The second-order valence-electron chi connectivity index (χ2n) is 3.82. The van der Waals surface area contributed by atoms with Crippen LogP contribution in [-0.2, 0) is 6.54 Å². The van der Waals surface area contributed by atoms with Crippen LogP contribution in [0, 0.1) is 6.92 Å². The van der Waals surface area contributed by atoms with Crippen molar-refractivity contribution in [2.45, 2.75) is 13.5 Å². The van der Waals surface area contributed by atoms with E-state index in [1.807, 2.05) is 7.05 Å². The third kappa shape index (κ3) is 1.11. The van der Waals surface area contributed by atoms with Crippen LogP contribution in [0.15, 0.2) is 12.1 Å². The topological polar surface area (TPSA) is 39.1 Å². The Morgan fingerprint density at radius 3 is 3.13 bits per heavy atom. The Balaban J connectivity index is 2.41. The molecule has 4 nitrogen and oxygen atoms in total. The summed E-state index contributed by atoms with van der Waals surface area (Å²) in [7, 11) is 1.90. The summed E-state index contributed by atoms with van der Waals surface area (Å²) in [6.07, 6.45) is 0. The molecule has 0 atom stereocenters. The number of hydrogen-bond acceptors (Lipinski definition) is 3. The van der Waals surface area contributed by atoms with Gasteiger partial charge in [0.05, 0.1) is 12.1 Å². The van der Waals surface area contributed by atoms with E-state index in [4.69, 9.17) is 4.74 Å². The van der Waals surface area contributed by atoms with E-state index in [2.05, 4.69) is 33.9 Å². The Kier molecular flexibility index (Phi) is 1.65. The SMILES string of the molecule is CNc1nc2cc(C)cc3c2n1CCO3. The van der Waals surface area contributed by atoms with Crippen molar-refractivity contribution in [3.05, 3.63) is 17.7 Å². The van der Waals surface area contributed by atoms with Gasteiger partial charge in [-0.05, 0) is 24.6 Å². The number of rotatable bonds is 1. The molecular weight excluding hydrogens is 190 g/mol. The van der Waals surface area contributed by atoms with Crippen molar-refractivity contribution < 1.29 is 4.74 Å². The van der Waals surface area contributed by atoms with Gasteiger partial charge in [-0.2, -0.15) is 0 Å². The Bertz CT molecular complexity index is 530. The highest BCUT2D eigenvalue weighted by atomic mass is 16.5. The summed E-state index contributed by atoms with van der Waals surface area (Å²) in [5.41, 5.74) is 3.30. The van der Waals surface area contributed by atoms with Gasteiger partial charge in [0.15, 0.2) is 0 Å². The monoisotopic (exact) mass is 203 g/mol. The molecule has 1 N–H and O–H groups in total. The van der Waals surface area contributed by atoms with Crippen molar-refractivity contribution in [1.29, 1.82) is 0 Å². The minimum atomic E-state index is 0.719. The number of nitrogens with zero attached hydrogens (tertiary/aromatic N) is 2. The average Bonchev–Trinajstić information content (AvgIpc) is 2.58. The lowest BCUT2D eigenvalue weighted by Crippen LogP contribution is -2.15. The first-order valence-electron chi connectivity index (χ1n) is 5.11. The van der Waals surface area contributed by atoms with E-state index in [1.165, 1.54) is 5.56 Å². The van der Waals surface area contributed by atoms with Crippen molar-refractivity contribution in [1.82, 2.24) is 9.55 Å². The highest BCUT2D eigenvalue weighted by Gasteiger charge is 2.18. The van der Waals surface area contributed by atoms with Gasteiger partial charge >= 0.3 is 0 Å². The van der Waals surface area contributed by atoms with Gasteiger partial charge in [0.25, 0.3) is 0 Å². The lowest BCUT2D eigenvalue weighted by molar-refractivity contribution is 0.288. The Morgan fingerprint density at radius 2 is 2.33 bits per heavy atom. The molecule has 0 fully saturated rings. The minimum absolute atomic E-state index is 0.719. The quantitative estimate of drug-likeness (QED) is 0.767. The fraction of sp³-hybridized carbons (Fsp3) is 0.364. The fourth-order valence-electron chi connectivity index (χ4n) is 2.13. The van der Waals surface area contributed by atoms with Crippen LogP contribution in [0.2, 0.25) is 0 Å². The Labute approximate surface area is 87.9 Å². The molecule has 0 saturated heterocycles. The second-order valence-corrected chi connectivity index (χ2v) is 3.82. The molecule has 0 radical (unpaired) electrons. The molecule has 1 aliphatic rings. The summed E-state index contributed by atoms with van der Waals surface area (Å²) in [6, 6.07) is 4.16. The number of anilines is 1. The Morgan fingerprint density at radius 1 is 1.47 bits per heavy atom. The van der Waals surface area contributed by atoms with Gasteiger partial charge in [-0.1, -0.05) is 0 Å². The van der Waals surface area contributed by atoms with Crippen LogP contribution in [0.4, 0.5) is 5.95 Å². The van der Waals surface area contributed by atoms with E-state index in [0.717, 1.165) is 35.9 Å². The van der Waals surface area contributed by atoms with Crippen LogP contribution in [0.25, 0.3) is 11.0 Å². The summed E-state index contributed by atoms with van der Waals surface area (Å²) in [4.78, 5) is 4.54. The van der Waals surface area contributed by atoms with Gasteiger partial charge < -0.3 is 14.6 Å². The van der Waals surface area contributed by atoms with Crippen LogP contribution >= 0.6 is 0 Å². The number of imidazole rings is 1. The number of nitrogens with one attached hydrogen (secondary N) is 1. The van der Waals surface area contributed by atoms with Crippen molar-refractivity contribution in [2.75, 3.05) is 19.0 Å². The molecule has 0 spiro atoms. The smallest absolute Gasteiger partial charge is 0.203 e. The number of ether oxygens (including phenoxy) is 1. The third-order valence-corrected chi connectivity index (χ3v) is 2.75. The summed E-state index contributed by atoms with van der Waals surface area (Å²) in [5, 5.41) is 3.11. The standard InChI is InChI=1S/C11H13N3O/c1-7-5-8-10-9(6-7)15-4-3-14(10)11(12-2)13-8/h5-6H,3-4H2,1-2H3,(H,12,13). The molecule has 3 rings (SSSR count). The first kappa shape index (κ1) is 8.59. The van der Waals surface area contributed by atoms with Crippen LogP contribution < -0.4 is 10.1 Å². The van der Waals surface area contributed by atoms with Gasteiger partial charge in [-0.25, -0.2) is 4.98 Å². The second kappa shape index (κ2) is 2.89. The molecule has 0 aliphatic carbocycles. The van der Waals surface area contributed by atoms with Gasteiger partial charge in [-0.3, -0.25) is 0 Å². The molecule has 1 aromatic heterocycles. The average molecular weight is 203 g/mol. The van der Waals surface area contributed by atoms with Crippen molar-refractivity contribution in [3.63, 3.8) is 0 Å². The van der Waals surface area contributed by atoms with Gasteiger partial charge in [-0.15, -0.1) is 0 Å². The summed E-state index contributed by atoms with van der Waals surface area (Å²) in [6.45, 7) is 3.64. The predicted octanol–water partition coefficient (Wildman–Crippen LogP) is 1.78. The van der Waals surface area contributed by atoms with E-state index in [1.54, 1.807) is 0 Å².